The number of benzene rings is 1. The lowest BCUT2D eigenvalue weighted by molar-refractivity contribution is -0.132. The molecule has 4 aromatic rings. The maximum Gasteiger partial charge on any atom is 0.256 e. The van der Waals surface area contributed by atoms with Gasteiger partial charge in [0.05, 0.1) is 6.10 Å². The van der Waals surface area contributed by atoms with Crippen LogP contribution in [0.1, 0.15) is 61.1 Å². The SMILES string of the molecule is CCC(=O)N1CCCC(c2nc(-c3ccc(C(=O)Nc4cc(OC5CC5)ccn4)cc3F)c3c(N)nccn23)C1. The number of nitrogens with two attached hydrogens (primary N) is 1. The molecule has 40 heavy (non-hydrogen) atoms. The molecule has 1 saturated heterocycles. The van der Waals surface area contributed by atoms with Gasteiger partial charge < -0.3 is 20.7 Å². The van der Waals surface area contributed by atoms with Gasteiger partial charge in [-0.25, -0.2) is 19.3 Å². The topological polar surface area (TPSA) is 128 Å². The first-order chi connectivity index (χ1) is 19.4. The summed E-state index contributed by atoms with van der Waals surface area (Å²) < 4.78 is 23.2. The third-order valence-corrected chi connectivity index (χ3v) is 7.34. The van der Waals surface area contributed by atoms with E-state index in [0.29, 0.717) is 48.1 Å². The average molecular weight is 544 g/mol. The first-order valence-corrected chi connectivity index (χ1v) is 13.6. The van der Waals surface area contributed by atoms with Crippen molar-refractivity contribution in [1.82, 2.24) is 24.3 Å². The molecule has 1 aliphatic carbocycles. The Morgan fingerprint density at radius 3 is 2.77 bits per heavy atom. The van der Waals surface area contributed by atoms with Crippen molar-refractivity contribution in [3.8, 4) is 17.0 Å². The Kier molecular flexibility index (Phi) is 6.79. The quantitative estimate of drug-likeness (QED) is 0.353. The number of imidazole rings is 1. The zero-order valence-corrected chi connectivity index (χ0v) is 22.1. The zero-order valence-electron chi connectivity index (χ0n) is 22.1. The summed E-state index contributed by atoms with van der Waals surface area (Å²) in [6.45, 7) is 3.11. The monoisotopic (exact) mass is 543 g/mol. The number of anilines is 2. The number of rotatable bonds is 7. The minimum absolute atomic E-state index is 0.0347. The Morgan fingerprint density at radius 1 is 1.15 bits per heavy atom. The van der Waals surface area contributed by atoms with Crippen molar-refractivity contribution in [2.75, 3.05) is 24.1 Å². The van der Waals surface area contributed by atoms with Gasteiger partial charge in [0.25, 0.3) is 5.91 Å². The van der Waals surface area contributed by atoms with Gasteiger partial charge in [-0.2, -0.15) is 0 Å². The highest BCUT2D eigenvalue weighted by molar-refractivity contribution is 6.04. The molecule has 206 valence electrons. The molecule has 3 aromatic heterocycles. The van der Waals surface area contributed by atoms with Gasteiger partial charge in [0.2, 0.25) is 5.91 Å². The van der Waals surface area contributed by atoms with Crippen molar-refractivity contribution >= 4 is 29.0 Å². The summed E-state index contributed by atoms with van der Waals surface area (Å²) in [6.07, 6.45) is 9.28. The molecular formula is C29H30FN7O3. The molecule has 0 bridgehead atoms. The minimum Gasteiger partial charge on any atom is -0.490 e. The molecule has 1 aliphatic heterocycles. The van der Waals surface area contributed by atoms with Gasteiger partial charge in [-0.1, -0.05) is 6.92 Å². The van der Waals surface area contributed by atoms with Crippen LogP contribution in [0.3, 0.4) is 0 Å². The zero-order chi connectivity index (χ0) is 27.8. The molecule has 0 radical (unpaired) electrons. The number of ether oxygens (including phenoxy) is 1. The van der Waals surface area contributed by atoms with Crippen LogP contribution in [0.5, 0.6) is 5.75 Å². The van der Waals surface area contributed by atoms with Crippen LogP contribution in [-0.4, -0.2) is 55.3 Å². The van der Waals surface area contributed by atoms with E-state index in [-0.39, 0.29) is 34.9 Å². The number of carbonyl (C=O) groups is 2. The Morgan fingerprint density at radius 2 is 2.00 bits per heavy atom. The van der Waals surface area contributed by atoms with Gasteiger partial charge in [-0.15, -0.1) is 0 Å². The first kappa shape index (κ1) is 25.7. The Hall–Kier alpha value is -4.54. The van der Waals surface area contributed by atoms with E-state index in [1.807, 2.05) is 16.2 Å². The number of amides is 2. The number of halogens is 1. The number of fused-ring (bicyclic) bond motifs is 1. The highest BCUT2D eigenvalue weighted by Gasteiger charge is 2.29. The Labute approximate surface area is 230 Å². The van der Waals surface area contributed by atoms with Crippen LogP contribution in [0.25, 0.3) is 16.8 Å². The predicted molar refractivity (Wildman–Crippen MR) is 147 cm³/mol. The van der Waals surface area contributed by atoms with E-state index in [4.69, 9.17) is 15.5 Å². The first-order valence-electron chi connectivity index (χ1n) is 13.6. The van der Waals surface area contributed by atoms with Crippen LogP contribution in [0.4, 0.5) is 16.0 Å². The molecule has 2 aliphatic rings. The highest BCUT2D eigenvalue weighted by atomic mass is 19.1. The van der Waals surface area contributed by atoms with Crippen molar-refractivity contribution in [3.63, 3.8) is 0 Å². The minimum atomic E-state index is -0.618. The largest absolute Gasteiger partial charge is 0.490 e. The number of carbonyl (C=O) groups excluding carboxylic acids is 2. The molecule has 4 heterocycles. The van der Waals surface area contributed by atoms with E-state index < -0.39 is 11.7 Å². The number of hydrogen-bond acceptors (Lipinski definition) is 7. The molecule has 3 N–H and O–H groups in total. The number of pyridine rings is 1. The van der Waals surface area contributed by atoms with Crippen molar-refractivity contribution in [2.45, 2.75) is 51.0 Å². The molecule has 1 aromatic carbocycles. The van der Waals surface area contributed by atoms with Crippen LogP contribution in [0.15, 0.2) is 48.9 Å². The van der Waals surface area contributed by atoms with Crippen molar-refractivity contribution < 1.29 is 18.7 Å². The number of piperidine rings is 1. The number of nitrogens with zero attached hydrogens (tertiary/aromatic N) is 5. The van der Waals surface area contributed by atoms with E-state index in [9.17, 15) is 9.59 Å². The molecule has 6 rings (SSSR count). The lowest BCUT2D eigenvalue weighted by atomic mass is 9.97. The van der Waals surface area contributed by atoms with Gasteiger partial charge in [0, 0.05) is 61.2 Å². The maximum absolute atomic E-state index is 15.6. The van der Waals surface area contributed by atoms with Crippen LogP contribution in [-0.2, 0) is 4.79 Å². The molecule has 1 atom stereocenters. The standard InChI is InChI=1S/C29H30FN7O3/c1-2-24(38)36-12-3-4-18(16-36)28-35-25(26-27(31)33-11-13-37(26)28)21-8-5-17(14-22(21)30)29(39)34-23-15-20(9-10-32-23)40-19-6-7-19/h5,8-11,13-15,18-19H,2-4,6-7,12,16H2,1H3,(H2,31,33)(H,32,34,39). The highest BCUT2D eigenvalue weighted by Crippen LogP contribution is 2.35. The van der Waals surface area contributed by atoms with Crippen LogP contribution >= 0.6 is 0 Å². The Bertz CT molecular complexity index is 1600. The number of aromatic nitrogens is 4. The number of likely N-dealkylation sites (tertiary alicyclic amines) is 1. The second-order valence-corrected chi connectivity index (χ2v) is 10.2. The smallest absolute Gasteiger partial charge is 0.256 e. The second kappa shape index (κ2) is 10.6. The van der Waals surface area contributed by atoms with E-state index in [1.54, 1.807) is 30.7 Å². The summed E-state index contributed by atoms with van der Waals surface area (Å²) in [5.41, 5.74) is 7.42. The lowest BCUT2D eigenvalue weighted by Gasteiger charge is -2.32. The van der Waals surface area contributed by atoms with Crippen LogP contribution < -0.4 is 15.8 Å². The molecule has 1 saturated carbocycles. The normalized spacial score (nSPS) is 17.1. The maximum atomic E-state index is 15.6. The van der Waals surface area contributed by atoms with Crippen molar-refractivity contribution in [1.29, 1.82) is 0 Å². The fraction of sp³-hybridized carbons (Fsp3) is 0.345. The number of hydrogen-bond donors (Lipinski definition) is 2. The second-order valence-electron chi connectivity index (χ2n) is 10.2. The number of nitrogens with one attached hydrogen (secondary N) is 1. The van der Waals surface area contributed by atoms with E-state index in [0.717, 1.165) is 25.7 Å². The molecule has 11 heteroatoms. The van der Waals surface area contributed by atoms with E-state index >= 15 is 4.39 Å². The molecule has 1 unspecified atom stereocenters. The molecule has 2 fully saturated rings. The summed E-state index contributed by atoms with van der Waals surface area (Å²) in [5, 5.41) is 2.70. The molecule has 2 amide bonds. The third-order valence-electron chi connectivity index (χ3n) is 7.34. The Balaban J connectivity index is 1.29. The van der Waals surface area contributed by atoms with Gasteiger partial charge in [-0.3, -0.25) is 14.0 Å². The number of nitrogen functional groups attached to an aromatic ring is 1. The molecular weight excluding hydrogens is 513 g/mol. The summed E-state index contributed by atoms with van der Waals surface area (Å²) in [5.74, 6) is 0.815. The van der Waals surface area contributed by atoms with Gasteiger partial charge in [0.15, 0.2) is 0 Å². The lowest BCUT2D eigenvalue weighted by Crippen LogP contribution is -2.39. The molecule has 10 nitrogen and oxygen atoms in total. The average Bonchev–Trinajstić information content (AvgIpc) is 3.69. The molecule has 0 spiro atoms. The summed E-state index contributed by atoms with van der Waals surface area (Å²) in [7, 11) is 0. The van der Waals surface area contributed by atoms with Gasteiger partial charge >= 0.3 is 0 Å². The third kappa shape index (κ3) is 5.06. The van der Waals surface area contributed by atoms with Gasteiger partial charge in [0.1, 0.15) is 40.2 Å². The van der Waals surface area contributed by atoms with E-state index in [2.05, 4.69) is 15.3 Å². The van der Waals surface area contributed by atoms with Crippen LogP contribution in [0.2, 0.25) is 0 Å². The summed E-state index contributed by atoms with van der Waals surface area (Å²) >= 11 is 0. The fourth-order valence-corrected chi connectivity index (χ4v) is 5.17. The van der Waals surface area contributed by atoms with Gasteiger partial charge in [-0.05, 0) is 49.9 Å². The van der Waals surface area contributed by atoms with Crippen LogP contribution in [0, 0.1) is 5.82 Å². The predicted octanol–water partition coefficient (Wildman–Crippen LogP) is 4.42. The van der Waals surface area contributed by atoms with E-state index in [1.165, 1.54) is 18.2 Å². The fourth-order valence-electron chi connectivity index (χ4n) is 5.17. The summed E-state index contributed by atoms with van der Waals surface area (Å²) in [6, 6.07) is 7.62. The van der Waals surface area contributed by atoms with Crippen molar-refractivity contribution in [2.24, 2.45) is 0 Å². The van der Waals surface area contributed by atoms with Crippen molar-refractivity contribution in [3.05, 3.63) is 66.1 Å². The summed E-state index contributed by atoms with van der Waals surface area (Å²) in [4.78, 5) is 40.4.